The summed E-state index contributed by atoms with van der Waals surface area (Å²) in [4.78, 5) is 2.24. The van der Waals surface area contributed by atoms with Gasteiger partial charge >= 0.3 is 0 Å². The van der Waals surface area contributed by atoms with Gasteiger partial charge in [-0.1, -0.05) is 23.7 Å². The molecule has 8 heteroatoms. The number of hydrazone groups is 1. The molecule has 0 aliphatic carbocycles. The molecule has 27 heavy (non-hydrogen) atoms. The molecular weight excluding hydrogens is 388 g/mol. The Hall–Kier alpha value is -2.77. The minimum atomic E-state index is -3.78. The minimum Gasteiger partial charge on any atom is -0.494 e. The summed E-state index contributed by atoms with van der Waals surface area (Å²) in [5, 5.41) is 4.36. The van der Waals surface area contributed by atoms with Crippen LogP contribution in [0.4, 0.5) is 0 Å². The van der Waals surface area contributed by atoms with Gasteiger partial charge in [0.15, 0.2) is 0 Å². The average molecular weight is 405 g/mol. The molecule has 0 amide bonds. The van der Waals surface area contributed by atoms with Crippen molar-refractivity contribution in [2.75, 3.05) is 6.61 Å². The number of nitrogens with zero attached hydrogens (tertiary/aromatic N) is 1. The van der Waals surface area contributed by atoms with Gasteiger partial charge in [-0.15, -0.1) is 0 Å². The van der Waals surface area contributed by atoms with Crippen LogP contribution >= 0.6 is 11.6 Å². The number of benzene rings is 2. The van der Waals surface area contributed by atoms with Gasteiger partial charge in [0.05, 0.1) is 17.7 Å². The molecule has 0 aliphatic rings. The van der Waals surface area contributed by atoms with Crippen LogP contribution in [0, 0.1) is 0 Å². The SMILES string of the molecule is CCOc1ccc(S(=O)(=O)NN=Cc2ccc(-c3cccc(Cl)c3)o2)cc1. The molecule has 1 aromatic heterocycles. The molecule has 0 aliphatic heterocycles. The molecule has 3 aromatic rings. The van der Waals surface area contributed by atoms with E-state index < -0.39 is 10.0 Å². The predicted octanol–water partition coefficient (Wildman–Crippen LogP) is 4.31. The summed E-state index contributed by atoms with van der Waals surface area (Å²) < 4.78 is 35.4. The number of ether oxygens (including phenoxy) is 1. The highest BCUT2D eigenvalue weighted by Crippen LogP contribution is 2.24. The van der Waals surface area contributed by atoms with Crippen LogP contribution in [0.25, 0.3) is 11.3 Å². The van der Waals surface area contributed by atoms with E-state index in [9.17, 15) is 8.42 Å². The second-order valence-electron chi connectivity index (χ2n) is 5.47. The maximum Gasteiger partial charge on any atom is 0.276 e. The maximum atomic E-state index is 12.2. The second kappa shape index (κ2) is 8.28. The van der Waals surface area contributed by atoms with Crippen molar-refractivity contribution in [3.63, 3.8) is 0 Å². The van der Waals surface area contributed by atoms with E-state index in [1.807, 2.05) is 19.1 Å². The molecule has 0 unspecified atom stereocenters. The molecule has 1 N–H and O–H groups in total. The Balaban J connectivity index is 1.68. The van der Waals surface area contributed by atoms with Crippen molar-refractivity contribution in [2.24, 2.45) is 5.10 Å². The summed E-state index contributed by atoms with van der Waals surface area (Å²) in [5.41, 5.74) is 0.817. The van der Waals surface area contributed by atoms with Gasteiger partial charge in [-0.25, -0.2) is 0 Å². The molecular formula is C19H17ClN2O4S. The zero-order chi connectivity index (χ0) is 19.3. The van der Waals surface area contributed by atoms with E-state index in [0.29, 0.717) is 28.9 Å². The first-order chi connectivity index (χ1) is 13.0. The van der Waals surface area contributed by atoms with Crippen LogP contribution < -0.4 is 9.57 Å². The van der Waals surface area contributed by atoms with E-state index >= 15 is 0 Å². The lowest BCUT2D eigenvalue weighted by atomic mass is 10.2. The number of sulfonamides is 1. The van der Waals surface area contributed by atoms with Crippen LogP contribution in [-0.4, -0.2) is 21.2 Å². The Morgan fingerprint density at radius 1 is 1.15 bits per heavy atom. The Morgan fingerprint density at radius 2 is 1.93 bits per heavy atom. The van der Waals surface area contributed by atoms with Crippen molar-refractivity contribution in [2.45, 2.75) is 11.8 Å². The van der Waals surface area contributed by atoms with Crippen LogP contribution in [0.2, 0.25) is 5.02 Å². The van der Waals surface area contributed by atoms with Gasteiger partial charge in [-0.05, 0) is 55.5 Å². The zero-order valence-corrected chi connectivity index (χ0v) is 16.0. The van der Waals surface area contributed by atoms with Gasteiger partial charge in [0.2, 0.25) is 0 Å². The third-order valence-corrected chi connectivity index (χ3v) is 5.02. The van der Waals surface area contributed by atoms with Crippen LogP contribution in [0.5, 0.6) is 5.75 Å². The second-order valence-corrected chi connectivity index (χ2v) is 7.57. The standard InChI is InChI=1S/C19H17ClN2O4S/c1-2-25-16-6-9-18(10-7-16)27(23,24)22-21-13-17-8-11-19(26-17)14-4-3-5-15(20)12-14/h3-13,22H,2H2,1H3. The third kappa shape index (κ3) is 4.90. The molecule has 0 radical (unpaired) electrons. The molecule has 0 saturated carbocycles. The Kier molecular flexibility index (Phi) is 5.83. The maximum absolute atomic E-state index is 12.2. The first-order valence-electron chi connectivity index (χ1n) is 8.11. The zero-order valence-electron chi connectivity index (χ0n) is 14.4. The van der Waals surface area contributed by atoms with Crippen LogP contribution in [0.15, 0.2) is 75.1 Å². The lowest BCUT2D eigenvalue weighted by Gasteiger charge is -2.05. The van der Waals surface area contributed by atoms with Crippen molar-refractivity contribution in [3.05, 3.63) is 71.4 Å². The van der Waals surface area contributed by atoms with Crippen LogP contribution in [0.3, 0.4) is 0 Å². The molecule has 0 saturated heterocycles. The first-order valence-corrected chi connectivity index (χ1v) is 9.97. The lowest BCUT2D eigenvalue weighted by molar-refractivity contribution is 0.340. The minimum absolute atomic E-state index is 0.0853. The van der Waals surface area contributed by atoms with Gasteiger partial charge in [-0.3, -0.25) is 0 Å². The number of furan rings is 1. The number of hydrogen-bond acceptors (Lipinski definition) is 5. The summed E-state index contributed by atoms with van der Waals surface area (Å²) in [6.07, 6.45) is 1.29. The first kappa shape index (κ1) is 19.0. The Bertz CT molecular complexity index is 1040. The quantitative estimate of drug-likeness (QED) is 0.470. The predicted molar refractivity (Wildman–Crippen MR) is 105 cm³/mol. The van der Waals surface area contributed by atoms with Crippen molar-refractivity contribution in [1.29, 1.82) is 0 Å². The normalized spacial score (nSPS) is 11.6. The summed E-state index contributed by atoms with van der Waals surface area (Å²) in [7, 11) is -3.78. The molecule has 3 rings (SSSR count). The highest BCUT2D eigenvalue weighted by molar-refractivity contribution is 7.89. The van der Waals surface area contributed by atoms with Gasteiger partial charge < -0.3 is 9.15 Å². The van der Waals surface area contributed by atoms with E-state index in [1.165, 1.54) is 18.3 Å². The molecule has 0 fully saturated rings. The number of rotatable bonds is 7. The lowest BCUT2D eigenvalue weighted by Crippen LogP contribution is -2.18. The molecule has 140 valence electrons. The van der Waals surface area contributed by atoms with Crippen molar-refractivity contribution < 1.29 is 17.6 Å². The molecule has 0 spiro atoms. The highest BCUT2D eigenvalue weighted by Gasteiger charge is 2.12. The van der Waals surface area contributed by atoms with E-state index in [1.54, 1.807) is 36.4 Å². The smallest absolute Gasteiger partial charge is 0.276 e. The Morgan fingerprint density at radius 3 is 2.63 bits per heavy atom. The van der Waals surface area contributed by atoms with Gasteiger partial charge in [0.1, 0.15) is 17.3 Å². The van der Waals surface area contributed by atoms with Gasteiger partial charge in [0.25, 0.3) is 10.0 Å². The fraction of sp³-hybridized carbons (Fsp3) is 0.105. The van der Waals surface area contributed by atoms with Crippen LogP contribution in [0.1, 0.15) is 12.7 Å². The highest BCUT2D eigenvalue weighted by atomic mass is 35.5. The molecule has 1 heterocycles. The summed E-state index contributed by atoms with van der Waals surface area (Å²) in [6, 6.07) is 16.7. The summed E-state index contributed by atoms with van der Waals surface area (Å²) >= 11 is 5.97. The van der Waals surface area contributed by atoms with Gasteiger partial charge in [-0.2, -0.15) is 18.4 Å². The number of halogens is 1. The Labute approximate surface area is 162 Å². The fourth-order valence-corrected chi connectivity index (χ4v) is 3.29. The van der Waals surface area contributed by atoms with Crippen molar-refractivity contribution in [1.82, 2.24) is 4.83 Å². The summed E-state index contributed by atoms with van der Waals surface area (Å²) in [6.45, 7) is 2.36. The van der Waals surface area contributed by atoms with E-state index in [2.05, 4.69) is 9.93 Å². The number of nitrogens with one attached hydrogen (secondary N) is 1. The van der Waals surface area contributed by atoms with Crippen molar-refractivity contribution in [3.8, 4) is 17.1 Å². The van der Waals surface area contributed by atoms with Crippen LogP contribution in [-0.2, 0) is 10.0 Å². The van der Waals surface area contributed by atoms with Gasteiger partial charge in [0, 0.05) is 10.6 Å². The monoisotopic (exact) mass is 404 g/mol. The largest absolute Gasteiger partial charge is 0.494 e. The van der Waals surface area contributed by atoms with E-state index in [-0.39, 0.29) is 4.90 Å². The average Bonchev–Trinajstić information content (AvgIpc) is 3.11. The number of hydrogen-bond donors (Lipinski definition) is 1. The van der Waals surface area contributed by atoms with E-state index in [0.717, 1.165) is 5.56 Å². The fourth-order valence-electron chi connectivity index (χ4n) is 2.31. The molecule has 0 bridgehead atoms. The third-order valence-electron chi connectivity index (χ3n) is 3.55. The molecule has 6 nitrogen and oxygen atoms in total. The van der Waals surface area contributed by atoms with E-state index in [4.69, 9.17) is 20.8 Å². The van der Waals surface area contributed by atoms with Crippen molar-refractivity contribution >= 4 is 27.8 Å². The topological polar surface area (TPSA) is 80.9 Å². The molecule has 2 aromatic carbocycles. The molecule has 0 atom stereocenters. The summed E-state index contributed by atoms with van der Waals surface area (Å²) in [5.74, 6) is 1.61.